The predicted octanol–water partition coefficient (Wildman–Crippen LogP) is 3.22. The minimum Gasteiger partial charge on any atom is -0.369 e. The van der Waals surface area contributed by atoms with Gasteiger partial charge in [-0.05, 0) is 50.1 Å². The lowest BCUT2D eigenvalue weighted by atomic mass is 10.0. The molecule has 1 aliphatic rings. The Balaban J connectivity index is 1.85. The van der Waals surface area contributed by atoms with Gasteiger partial charge < -0.3 is 15.0 Å². The Morgan fingerprint density at radius 3 is 2.85 bits per heavy atom. The number of carbonyl (C=O) groups excluding carboxylic acids is 2. The number of hydrogen-bond acceptors (Lipinski definition) is 4. The summed E-state index contributed by atoms with van der Waals surface area (Å²) in [5.74, 6) is -0.0116. The second-order valence-corrected chi connectivity index (χ2v) is 7.98. The molecule has 2 aromatic rings. The fourth-order valence-electron chi connectivity index (χ4n) is 3.53. The summed E-state index contributed by atoms with van der Waals surface area (Å²) in [5, 5.41) is 3.86. The van der Waals surface area contributed by atoms with E-state index in [1.807, 2.05) is 36.9 Å². The predicted molar refractivity (Wildman–Crippen MR) is 105 cm³/mol. The fourth-order valence-corrected chi connectivity index (χ4v) is 4.71. The molecule has 0 unspecified atom stereocenters. The van der Waals surface area contributed by atoms with Crippen LogP contribution in [0.2, 0.25) is 0 Å². The molecular weight excluding hydrogens is 348 g/mol. The van der Waals surface area contributed by atoms with Gasteiger partial charge in [0.05, 0.1) is 11.0 Å². The maximum Gasteiger partial charge on any atom is 0.261 e. The van der Waals surface area contributed by atoms with Gasteiger partial charge in [-0.25, -0.2) is 0 Å². The second-order valence-electron chi connectivity index (χ2n) is 6.93. The first-order valence-electron chi connectivity index (χ1n) is 9.14. The van der Waals surface area contributed by atoms with Crippen molar-refractivity contribution in [1.82, 2.24) is 10.2 Å². The third-order valence-electron chi connectivity index (χ3n) is 4.81. The molecule has 1 aromatic heterocycles. The average Bonchev–Trinajstić information content (AvgIpc) is 3.24. The maximum absolute atomic E-state index is 12.6. The Morgan fingerprint density at radius 2 is 2.12 bits per heavy atom. The molecule has 2 amide bonds. The summed E-state index contributed by atoms with van der Waals surface area (Å²) < 4.78 is 6.61. The molecule has 0 bridgehead atoms. The van der Waals surface area contributed by atoms with Crippen molar-refractivity contribution >= 4 is 33.2 Å². The van der Waals surface area contributed by atoms with Gasteiger partial charge >= 0.3 is 0 Å². The molecule has 0 spiro atoms. The Kier molecular flexibility index (Phi) is 5.94. The summed E-state index contributed by atoms with van der Waals surface area (Å²) in [6.07, 6.45) is 2.71. The van der Waals surface area contributed by atoms with Crippen LogP contribution in [0.5, 0.6) is 0 Å². The SMILES string of the molecule is CNC(=O)c1sc2ccccc2c1C[C@@H]1CCCN1C(=O)COC(C)C. The van der Waals surface area contributed by atoms with Gasteiger partial charge in [0.15, 0.2) is 0 Å². The number of fused-ring (bicyclic) bond motifs is 1. The molecule has 0 saturated carbocycles. The molecule has 1 fully saturated rings. The largest absolute Gasteiger partial charge is 0.369 e. The molecule has 140 valence electrons. The molecule has 0 radical (unpaired) electrons. The van der Waals surface area contributed by atoms with Crippen molar-refractivity contribution in [3.8, 4) is 0 Å². The van der Waals surface area contributed by atoms with E-state index < -0.39 is 0 Å². The van der Waals surface area contributed by atoms with Crippen LogP contribution in [0, 0.1) is 0 Å². The number of hydrogen-bond donors (Lipinski definition) is 1. The van der Waals surface area contributed by atoms with E-state index in [2.05, 4.69) is 11.4 Å². The van der Waals surface area contributed by atoms with Crippen LogP contribution < -0.4 is 5.32 Å². The van der Waals surface area contributed by atoms with Crippen molar-refractivity contribution in [3.63, 3.8) is 0 Å². The summed E-state index contributed by atoms with van der Waals surface area (Å²) in [5.41, 5.74) is 1.06. The highest BCUT2D eigenvalue weighted by Gasteiger charge is 2.31. The van der Waals surface area contributed by atoms with Crippen molar-refractivity contribution < 1.29 is 14.3 Å². The van der Waals surface area contributed by atoms with E-state index in [0.29, 0.717) is 6.42 Å². The lowest BCUT2D eigenvalue weighted by Crippen LogP contribution is -2.39. The molecular formula is C20H26N2O3S. The molecule has 1 aromatic carbocycles. The average molecular weight is 375 g/mol. The maximum atomic E-state index is 12.6. The van der Waals surface area contributed by atoms with Crippen molar-refractivity contribution in [3.05, 3.63) is 34.7 Å². The lowest BCUT2D eigenvalue weighted by molar-refractivity contribution is -0.138. The highest BCUT2D eigenvalue weighted by molar-refractivity contribution is 7.21. The van der Waals surface area contributed by atoms with Crippen LogP contribution in [0.1, 0.15) is 41.9 Å². The molecule has 0 aliphatic carbocycles. The van der Waals surface area contributed by atoms with Crippen LogP contribution in [0.15, 0.2) is 24.3 Å². The number of benzene rings is 1. The zero-order chi connectivity index (χ0) is 18.7. The molecule has 26 heavy (non-hydrogen) atoms. The number of nitrogens with one attached hydrogen (secondary N) is 1. The first kappa shape index (κ1) is 18.9. The van der Waals surface area contributed by atoms with Gasteiger partial charge in [-0.3, -0.25) is 9.59 Å². The molecule has 1 aliphatic heterocycles. The van der Waals surface area contributed by atoms with Crippen LogP contribution in [0.4, 0.5) is 0 Å². The van der Waals surface area contributed by atoms with Crippen LogP contribution >= 0.6 is 11.3 Å². The fraction of sp³-hybridized carbons (Fsp3) is 0.500. The highest BCUT2D eigenvalue weighted by atomic mass is 32.1. The number of likely N-dealkylation sites (tertiary alicyclic amines) is 1. The highest BCUT2D eigenvalue weighted by Crippen LogP contribution is 2.34. The van der Waals surface area contributed by atoms with Crippen LogP contribution in [0.25, 0.3) is 10.1 Å². The van der Waals surface area contributed by atoms with Crippen LogP contribution in [-0.4, -0.2) is 49.1 Å². The Bertz CT molecular complexity index is 799. The van der Waals surface area contributed by atoms with E-state index in [1.165, 1.54) is 11.3 Å². The summed E-state index contributed by atoms with van der Waals surface area (Å²) in [6, 6.07) is 8.23. The van der Waals surface area contributed by atoms with Gasteiger partial charge in [0.2, 0.25) is 5.91 Å². The zero-order valence-corrected chi connectivity index (χ0v) is 16.4. The Morgan fingerprint density at radius 1 is 1.35 bits per heavy atom. The van der Waals surface area contributed by atoms with Crippen molar-refractivity contribution in [2.45, 2.75) is 45.3 Å². The van der Waals surface area contributed by atoms with Crippen LogP contribution in [-0.2, 0) is 16.0 Å². The van der Waals surface area contributed by atoms with Crippen molar-refractivity contribution in [1.29, 1.82) is 0 Å². The summed E-state index contributed by atoms with van der Waals surface area (Å²) in [4.78, 5) is 27.6. The number of nitrogens with zero attached hydrogens (tertiary/aromatic N) is 1. The lowest BCUT2D eigenvalue weighted by Gasteiger charge is -2.25. The monoisotopic (exact) mass is 374 g/mol. The Labute approximate surface area is 158 Å². The van der Waals surface area contributed by atoms with Gasteiger partial charge in [0.1, 0.15) is 6.61 Å². The summed E-state index contributed by atoms with van der Waals surface area (Å²) in [6.45, 7) is 4.76. The van der Waals surface area contributed by atoms with Gasteiger partial charge in [-0.1, -0.05) is 18.2 Å². The summed E-state index contributed by atoms with van der Waals surface area (Å²) >= 11 is 1.52. The smallest absolute Gasteiger partial charge is 0.261 e. The summed E-state index contributed by atoms with van der Waals surface area (Å²) in [7, 11) is 1.66. The van der Waals surface area contributed by atoms with Crippen LogP contribution in [0.3, 0.4) is 0 Å². The van der Waals surface area contributed by atoms with E-state index in [4.69, 9.17) is 4.74 Å². The molecule has 1 N–H and O–H groups in total. The van der Waals surface area contributed by atoms with Crippen molar-refractivity contribution in [2.24, 2.45) is 0 Å². The van der Waals surface area contributed by atoms with Gasteiger partial charge in [-0.15, -0.1) is 11.3 Å². The molecule has 1 saturated heterocycles. The number of thiophene rings is 1. The molecule has 1 atom stereocenters. The zero-order valence-electron chi connectivity index (χ0n) is 15.6. The normalized spacial score (nSPS) is 17.2. The van der Waals surface area contributed by atoms with Crippen molar-refractivity contribution in [2.75, 3.05) is 20.2 Å². The molecule has 5 nitrogen and oxygen atoms in total. The molecule has 6 heteroatoms. The van der Waals surface area contributed by atoms with Gasteiger partial charge in [-0.2, -0.15) is 0 Å². The van der Waals surface area contributed by atoms with Gasteiger partial charge in [0.25, 0.3) is 5.91 Å². The first-order valence-corrected chi connectivity index (χ1v) is 9.96. The minimum absolute atomic E-state index is 0.0423. The van der Waals surface area contributed by atoms with E-state index in [-0.39, 0.29) is 30.6 Å². The number of rotatable bonds is 6. The standard InChI is InChI=1S/C20H26N2O3S/c1-13(2)25-12-18(23)22-10-6-7-14(22)11-16-15-8-4-5-9-17(15)26-19(16)20(24)21-3/h4-5,8-9,13-14H,6-7,10-12H2,1-3H3,(H,21,24)/t14-/m0/s1. The minimum atomic E-state index is -0.0554. The second kappa shape index (κ2) is 8.18. The number of carbonyl (C=O) groups is 2. The first-order chi connectivity index (χ1) is 12.5. The van der Waals surface area contributed by atoms with Gasteiger partial charge in [0, 0.05) is 24.3 Å². The third kappa shape index (κ3) is 3.91. The van der Waals surface area contributed by atoms with E-state index in [0.717, 1.165) is 39.9 Å². The molecule has 2 heterocycles. The van der Waals surface area contributed by atoms with E-state index in [9.17, 15) is 9.59 Å². The topological polar surface area (TPSA) is 58.6 Å². The third-order valence-corrected chi connectivity index (χ3v) is 6.02. The quantitative estimate of drug-likeness (QED) is 0.845. The molecule has 3 rings (SSSR count). The number of ether oxygens (including phenoxy) is 1. The number of amides is 2. The Hall–Kier alpha value is -1.92. The van der Waals surface area contributed by atoms with E-state index >= 15 is 0 Å². The van der Waals surface area contributed by atoms with E-state index in [1.54, 1.807) is 7.05 Å².